The van der Waals surface area contributed by atoms with Crippen LogP contribution in [0.1, 0.15) is 15.9 Å². The van der Waals surface area contributed by atoms with Gasteiger partial charge in [-0.2, -0.15) is 0 Å². The van der Waals surface area contributed by atoms with Gasteiger partial charge in [-0.1, -0.05) is 40.2 Å². The van der Waals surface area contributed by atoms with Crippen LogP contribution in [0.15, 0.2) is 53.0 Å². The van der Waals surface area contributed by atoms with E-state index in [2.05, 4.69) is 15.9 Å². The molecule has 2 aromatic rings. The third-order valence-electron chi connectivity index (χ3n) is 2.62. The number of halogens is 1. The second-order valence-corrected chi connectivity index (χ2v) is 4.94. The Balaban J connectivity index is 1.98. The fraction of sp³-hybridized carbons (Fsp3) is 0.133. The number of carbonyl (C=O) groups is 1. The van der Waals surface area contributed by atoms with E-state index < -0.39 is 0 Å². The molecule has 0 aliphatic heterocycles. The van der Waals surface area contributed by atoms with E-state index in [0.29, 0.717) is 11.3 Å². The van der Waals surface area contributed by atoms with Crippen LogP contribution < -0.4 is 4.74 Å². The van der Waals surface area contributed by atoms with Crippen LogP contribution >= 0.6 is 15.9 Å². The Kier molecular flexibility index (Phi) is 4.71. The highest BCUT2D eigenvalue weighted by Gasteiger charge is 2.06. The van der Waals surface area contributed by atoms with Gasteiger partial charge in [0, 0.05) is 10.0 Å². The van der Waals surface area contributed by atoms with Crippen LogP contribution in [0.3, 0.4) is 0 Å². The predicted octanol–water partition coefficient (Wildman–Crippen LogP) is 3.20. The lowest BCUT2D eigenvalue weighted by atomic mass is 10.1. The number of hydrogen-bond donors (Lipinski definition) is 1. The van der Waals surface area contributed by atoms with Gasteiger partial charge < -0.3 is 9.84 Å². The van der Waals surface area contributed by atoms with Crippen LogP contribution in [-0.2, 0) is 6.61 Å². The van der Waals surface area contributed by atoms with Crippen molar-refractivity contribution in [3.05, 3.63) is 64.1 Å². The Hall–Kier alpha value is -1.65. The first-order valence-corrected chi connectivity index (χ1v) is 6.59. The zero-order chi connectivity index (χ0) is 13.7. The highest BCUT2D eigenvalue weighted by atomic mass is 79.9. The number of Topliss-reactive ketones (excluding diaryl/α,β-unsaturated/α-hetero) is 1. The largest absolute Gasteiger partial charge is 0.485 e. The molecule has 0 aromatic heterocycles. The first kappa shape index (κ1) is 13.8. The van der Waals surface area contributed by atoms with E-state index in [9.17, 15) is 4.79 Å². The maximum Gasteiger partial charge on any atom is 0.200 e. The third kappa shape index (κ3) is 3.91. The molecular formula is C15H13BrO3. The second kappa shape index (κ2) is 6.50. The standard InChI is InChI=1S/C15H13BrO3/c16-13-6-4-12(5-7-13)15(18)10-19-14-3-1-2-11(8-14)9-17/h1-8,17H,9-10H2. The molecule has 0 unspecified atom stereocenters. The van der Waals surface area contributed by atoms with Gasteiger partial charge in [-0.15, -0.1) is 0 Å². The summed E-state index contributed by atoms with van der Waals surface area (Å²) in [7, 11) is 0. The lowest BCUT2D eigenvalue weighted by molar-refractivity contribution is 0.0921. The Morgan fingerprint density at radius 3 is 2.58 bits per heavy atom. The molecule has 0 aliphatic rings. The Labute approximate surface area is 120 Å². The van der Waals surface area contributed by atoms with Gasteiger partial charge in [0.2, 0.25) is 0 Å². The summed E-state index contributed by atoms with van der Waals surface area (Å²) in [6, 6.07) is 14.2. The fourth-order valence-electron chi connectivity index (χ4n) is 1.60. The van der Waals surface area contributed by atoms with E-state index in [4.69, 9.17) is 9.84 Å². The summed E-state index contributed by atoms with van der Waals surface area (Å²) in [5.74, 6) is 0.499. The molecule has 0 saturated carbocycles. The number of aliphatic hydroxyl groups is 1. The Bertz CT molecular complexity index is 564. The van der Waals surface area contributed by atoms with Crippen LogP contribution in [0.2, 0.25) is 0 Å². The summed E-state index contributed by atoms with van der Waals surface area (Å²) >= 11 is 3.32. The molecule has 0 aliphatic carbocycles. The molecule has 0 fully saturated rings. The minimum Gasteiger partial charge on any atom is -0.485 e. The molecule has 0 atom stereocenters. The molecule has 0 bridgehead atoms. The van der Waals surface area contributed by atoms with Crippen molar-refractivity contribution in [2.24, 2.45) is 0 Å². The molecular weight excluding hydrogens is 308 g/mol. The highest BCUT2D eigenvalue weighted by molar-refractivity contribution is 9.10. The lowest BCUT2D eigenvalue weighted by Gasteiger charge is -2.06. The van der Waals surface area contributed by atoms with Gasteiger partial charge in [0.15, 0.2) is 12.4 Å². The summed E-state index contributed by atoms with van der Waals surface area (Å²) in [6.07, 6.45) is 0. The first-order chi connectivity index (χ1) is 9.19. The molecule has 0 saturated heterocycles. The van der Waals surface area contributed by atoms with Crippen LogP contribution in [0.25, 0.3) is 0 Å². The Morgan fingerprint density at radius 2 is 1.89 bits per heavy atom. The number of ether oxygens (including phenoxy) is 1. The SMILES string of the molecule is O=C(COc1cccc(CO)c1)c1ccc(Br)cc1. The maximum atomic E-state index is 11.9. The van der Waals surface area contributed by atoms with Crippen molar-refractivity contribution in [3.8, 4) is 5.75 Å². The van der Waals surface area contributed by atoms with Gasteiger partial charge in [-0.25, -0.2) is 0 Å². The smallest absolute Gasteiger partial charge is 0.200 e. The van der Waals surface area contributed by atoms with Crippen LogP contribution in [0, 0.1) is 0 Å². The van der Waals surface area contributed by atoms with E-state index in [0.717, 1.165) is 10.0 Å². The van der Waals surface area contributed by atoms with Gasteiger partial charge in [0.25, 0.3) is 0 Å². The second-order valence-electron chi connectivity index (χ2n) is 4.02. The normalized spacial score (nSPS) is 10.2. The number of hydrogen-bond acceptors (Lipinski definition) is 3. The summed E-state index contributed by atoms with van der Waals surface area (Å²) in [4.78, 5) is 11.9. The summed E-state index contributed by atoms with van der Waals surface area (Å²) in [5, 5.41) is 9.02. The molecule has 0 heterocycles. The molecule has 0 amide bonds. The molecule has 98 valence electrons. The molecule has 1 N–H and O–H groups in total. The van der Waals surface area contributed by atoms with E-state index in [1.807, 2.05) is 12.1 Å². The number of benzene rings is 2. The Morgan fingerprint density at radius 1 is 1.16 bits per heavy atom. The van der Waals surface area contributed by atoms with Gasteiger partial charge in [-0.05, 0) is 29.8 Å². The van der Waals surface area contributed by atoms with Crippen molar-refractivity contribution < 1.29 is 14.6 Å². The molecule has 4 heteroatoms. The van der Waals surface area contributed by atoms with Crippen LogP contribution in [0.4, 0.5) is 0 Å². The minimum absolute atomic E-state index is 0.0173. The number of ketones is 1. The highest BCUT2D eigenvalue weighted by Crippen LogP contribution is 2.15. The zero-order valence-electron chi connectivity index (χ0n) is 10.2. The van der Waals surface area contributed by atoms with E-state index in [-0.39, 0.29) is 19.0 Å². The molecule has 2 aromatic carbocycles. The molecule has 19 heavy (non-hydrogen) atoms. The summed E-state index contributed by atoms with van der Waals surface area (Å²) < 4.78 is 6.35. The average molecular weight is 321 g/mol. The van der Waals surface area contributed by atoms with Crippen molar-refractivity contribution in [2.45, 2.75) is 6.61 Å². The van der Waals surface area contributed by atoms with Gasteiger partial charge >= 0.3 is 0 Å². The predicted molar refractivity (Wildman–Crippen MR) is 76.3 cm³/mol. The number of rotatable bonds is 5. The van der Waals surface area contributed by atoms with Crippen molar-refractivity contribution in [1.82, 2.24) is 0 Å². The van der Waals surface area contributed by atoms with E-state index in [1.165, 1.54) is 0 Å². The number of aliphatic hydroxyl groups excluding tert-OH is 1. The summed E-state index contributed by atoms with van der Waals surface area (Å²) in [5.41, 5.74) is 1.37. The maximum absolute atomic E-state index is 11.9. The molecule has 2 rings (SSSR count). The van der Waals surface area contributed by atoms with Crippen LogP contribution in [-0.4, -0.2) is 17.5 Å². The van der Waals surface area contributed by atoms with Crippen molar-refractivity contribution in [2.75, 3.05) is 6.61 Å². The zero-order valence-corrected chi connectivity index (χ0v) is 11.8. The van der Waals surface area contributed by atoms with Gasteiger partial charge in [0.05, 0.1) is 6.61 Å². The molecule has 0 spiro atoms. The monoisotopic (exact) mass is 320 g/mol. The topological polar surface area (TPSA) is 46.5 Å². The van der Waals surface area contributed by atoms with E-state index >= 15 is 0 Å². The third-order valence-corrected chi connectivity index (χ3v) is 3.15. The molecule has 0 radical (unpaired) electrons. The number of carbonyl (C=O) groups excluding carboxylic acids is 1. The molecule has 3 nitrogen and oxygen atoms in total. The minimum atomic E-state index is -0.0816. The quantitative estimate of drug-likeness (QED) is 0.860. The van der Waals surface area contributed by atoms with Crippen molar-refractivity contribution in [3.63, 3.8) is 0 Å². The van der Waals surface area contributed by atoms with Gasteiger partial charge in [0.1, 0.15) is 5.75 Å². The van der Waals surface area contributed by atoms with Crippen LogP contribution in [0.5, 0.6) is 5.75 Å². The lowest BCUT2D eigenvalue weighted by Crippen LogP contribution is -2.11. The fourth-order valence-corrected chi connectivity index (χ4v) is 1.87. The first-order valence-electron chi connectivity index (χ1n) is 5.80. The van der Waals surface area contributed by atoms with Crippen molar-refractivity contribution >= 4 is 21.7 Å². The van der Waals surface area contributed by atoms with E-state index in [1.54, 1.807) is 36.4 Å². The van der Waals surface area contributed by atoms with Gasteiger partial charge in [-0.3, -0.25) is 4.79 Å². The van der Waals surface area contributed by atoms with Crippen molar-refractivity contribution in [1.29, 1.82) is 0 Å². The average Bonchev–Trinajstić information content (AvgIpc) is 2.46. The summed E-state index contributed by atoms with van der Waals surface area (Å²) in [6.45, 7) is -0.0611.